The van der Waals surface area contributed by atoms with Gasteiger partial charge in [-0.15, -0.1) is 0 Å². The van der Waals surface area contributed by atoms with Gasteiger partial charge in [-0.2, -0.15) is 0 Å². The van der Waals surface area contributed by atoms with Crippen molar-refractivity contribution in [3.05, 3.63) is 71.8 Å². The Bertz CT molecular complexity index is 681. The zero-order chi connectivity index (χ0) is 17.6. The predicted molar refractivity (Wildman–Crippen MR) is 93.9 cm³/mol. The molecule has 4 heteroatoms. The fourth-order valence-corrected chi connectivity index (χ4v) is 2.48. The Morgan fingerprint density at radius 2 is 1.42 bits per heavy atom. The van der Waals surface area contributed by atoms with Crippen LogP contribution in [0.15, 0.2) is 60.7 Å². The molecule has 2 aromatic rings. The van der Waals surface area contributed by atoms with Crippen LogP contribution in [0.5, 0.6) is 0 Å². The quantitative estimate of drug-likeness (QED) is 0.762. The number of esters is 1. The van der Waals surface area contributed by atoms with Crippen LogP contribution >= 0.6 is 0 Å². The summed E-state index contributed by atoms with van der Waals surface area (Å²) >= 11 is 0. The van der Waals surface area contributed by atoms with Crippen LogP contribution in [0.3, 0.4) is 0 Å². The summed E-state index contributed by atoms with van der Waals surface area (Å²) in [6.07, 6.45) is 0. The third-order valence-electron chi connectivity index (χ3n) is 3.64. The second-order valence-corrected chi connectivity index (χ2v) is 6.63. The van der Waals surface area contributed by atoms with Crippen molar-refractivity contribution in [3.8, 4) is 0 Å². The van der Waals surface area contributed by atoms with Crippen molar-refractivity contribution < 1.29 is 14.3 Å². The summed E-state index contributed by atoms with van der Waals surface area (Å²) in [6, 6.07) is 18.0. The summed E-state index contributed by atoms with van der Waals surface area (Å²) in [5.74, 6) is -0.390. The van der Waals surface area contributed by atoms with E-state index in [0.29, 0.717) is 17.7 Å². The van der Waals surface area contributed by atoms with E-state index in [9.17, 15) is 9.59 Å². The van der Waals surface area contributed by atoms with Gasteiger partial charge in [0, 0.05) is 24.6 Å². The molecule has 0 aliphatic heterocycles. The third kappa shape index (κ3) is 4.95. The molecule has 0 heterocycles. The normalized spacial score (nSPS) is 11.0. The van der Waals surface area contributed by atoms with Crippen molar-refractivity contribution in [2.45, 2.75) is 13.8 Å². The highest BCUT2D eigenvalue weighted by atomic mass is 16.5. The maximum Gasteiger partial charge on any atom is 0.338 e. The number of amides is 1. The molecule has 126 valence electrons. The summed E-state index contributed by atoms with van der Waals surface area (Å²) in [5, 5.41) is 0. The lowest BCUT2D eigenvalue weighted by atomic mass is 9.94. The predicted octanol–water partition coefficient (Wildman–Crippen LogP) is 3.64. The average Bonchev–Trinajstić information content (AvgIpc) is 2.60. The molecule has 0 saturated carbocycles. The number of rotatable bonds is 6. The summed E-state index contributed by atoms with van der Waals surface area (Å²) in [4.78, 5) is 26.1. The fourth-order valence-electron chi connectivity index (χ4n) is 2.48. The van der Waals surface area contributed by atoms with Gasteiger partial charge in [0.15, 0.2) is 0 Å². The lowest BCUT2D eigenvalue weighted by Gasteiger charge is -2.30. The second-order valence-electron chi connectivity index (χ2n) is 6.63. The maximum atomic E-state index is 12.4. The van der Waals surface area contributed by atoms with E-state index in [0.717, 1.165) is 0 Å². The molecule has 24 heavy (non-hydrogen) atoms. The molecule has 0 aromatic heterocycles. The van der Waals surface area contributed by atoms with Crippen LogP contribution in [-0.4, -0.2) is 37.0 Å². The number of benzene rings is 2. The lowest BCUT2D eigenvalue weighted by Crippen LogP contribution is -2.38. The molecular weight excluding hydrogens is 302 g/mol. The van der Waals surface area contributed by atoms with Crippen LogP contribution < -0.4 is 0 Å². The van der Waals surface area contributed by atoms with E-state index >= 15 is 0 Å². The van der Waals surface area contributed by atoms with Crippen LogP contribution in [0.25, 0.3) is 0 Å². The molecule has 0 unspecified atom stereocenters. The van der Waals surface area contributed by atoms with Crippen LogP contribution in [0, 0.1) is 5.41 Å². The minimum absolute atomic E-state index is 0.0435. The number of carbonyl (C=O) groups excluding carboxylic acids is 2. The zero-order valence-corrected chi connectivity index (χ0v) is 14.4. The summed E-state index contributed by atoms with van der Waals surface area (Å²) in [7, 11) is 1.76. The molecule has 0 aliphatic rings. The minimum Gasteiger partial charge on any atom is -0.461 e. The topological polar surface area (TPSA) is 46.6 Å². The molecule has 0 atom stereocenters. The number of ether oxygens (including phenoxy) is 1. The molecule has 0 spiro atoms. The average molecular weight is 325 g/mol. The van der Waals surface area contributed by atoms with Gasteiger partial charge in [-0.1, -0.05) is 50.2 Å². The Morgan fingerprint density at radius 3 is 1.96 bits per heavy atom. The van der Waals surface area contributed by atoms with Gasteiger partial charge in [0.2, 0.25) is 0 Å². The van der Waals surface area contributed by atoms with Crippen molar-refractivity contribution in [2.75, 3.05) is 20.2 Å². The number of nitrogens with zero attached hydrogens (tertiary/aromatic N) is 1. The van der Waals surface area contributed by atoms with E-state index in [1.54, 1.807) is 48.3 Å². The highest BCUT2D eigenvalue weighted by Gasteiger charge is 2.25. The molecule has 0 radical (unpaired) electrons. The first-order valence-electron chi connectivity index (χ1n) is 7.92. The highest BCUT2D eigenvalue weighted by Crippen LogP contribution is 2.19. The van der Waals surface area contributed by atoms with E-state index < -0.39 is 0 Å². The highest BCUT2D eigenvalue weighted by molar-refractivity contribution is 5.94. The van der Waals surface area contributed by atoms with Gasteiger partial charge in [-0.3, -0.25) is 4.79 Å². The molecule has 4 nitrogen and oxygen atoms in total. The largest absolute Gasteiger partial charge is 0.461 e. The molecule has 0 aliphatic carbocycles. The van der Waals surface area contributed by atoms with Crippen molar-refractivity contribution in [1.29, 1.82) is 0 Å². The second kappa shape index (κ2) is 7.77. The smallest absolute Gasteiger partial charge is 0.338 e. The molecule has 0 saturated heterocycles. The van der Waals surface area contributed by atoms with E-state index in [-0.39, 0.29) is 23.9 Å². The van der Waals surface area contributed by atoms with Crippen molar-refractivity contribution in [2.24, 2.45) is 5.41 Å². The van der Waals surface area contributed by atoms with Crippen molar-refractivity contribution >= 4 is 11.9 Å². The molecule has 1 amide bonds. The van der Waals surface area contributed by atoms with E-state index in [4.69, 9.17) is 4.74 Å². The minimum atomic E-state index is -0.347. The Kier molecular flexibility index (Phi) is 5.74. The van der Waals surface area contributed by atoms with Gasteiger partial charge in [-0.25, -0.2) is 4.79 Å². The van der Waals surface area contributed by atoms with Crippen LogP contribution in [0.1, 0.15) is 34.6 Å². The molecule has 0 fully saturated rings. The monoisotopic (exact) mass is 325 g/mol. The molecule has 2 aromatic carbocycles. The number of hydrogen-bond donors (Lipinski definition) is 0. The summed E-state index contributed by atoms with van der Waals surface area (Å²) in [6.45, 7) is 4.68. The first kappa shape index (κ1) is 17.7. The van der Waals surface area contributed by atoms with Crippen LogP contribution in [-0.2, 0) is 4.74 Å². The van der Waals surface area contributed by atoms with Crippen LogP contribution in [0.2, 0.25) is 0 Å². The Labute approximate surface area is 143 Å². The Hall–Kier alpha value is -2.62. The molecular formula is C20H23NO3. The maximum absolute atomic E-state index is 12.4. The first-order valence-corrected chi connectivity index (χ1v) is 7.92. The van der Waals surface area contributed by atoms with Crippen molar-refractivity contribution in [3.63, 3.8) is 0 Å². The fraction of sp³-hybridized carbons (Fsp3) is 0.300. The van der Waals surface area contributed by atoms with Gasteiger partial charge in [0.1, 0.15) is 0 Å². The standard InChI is InChI=1S/C20H23NO3/c1-20(2,15-24-19(23)17-12-8-5-9-13-17)14-21(3)18(22)16-10-6-4-7-11-16/h4-13H,14-15H2,1-3H3. The molecule has 0 N–H and O–H groups in total. The zero-order valence-electron chi connectivity index (χ0n) is 14.4. The number of carbonyl (C=O) groups is 2. The first-order chi connectivity index (χ1) is 11.4. The lowest BCUT2D eigenvalue weighted by molar-refractivity contribution is 0.0280. The Morgan fingerprint density at radius 1 is 0.917 bits per heavy atom. The van der Waals surface area contributed by atoms with E-state index in [1.165, 1.54) is 0 Å². The van der Waals surface area contributed by atoms with Gasteiger partial charge >= 0.3 is 5.97 Å². The van der Waals surface area contributed by atoms with Gasteiger partial charge in [-0.05, 0) is 24.3 Å². The molecule has 0 bridgehead atoms. The van der Waals surface area contributed by atoms with Gasteiger partial charge in [0.05, 0.1) is 12.2 Å². The SMILES string of the molecule is CN(CC(C)(C)COC(=O)c1ccccc1)C(=O)c1ccccc1. The van der Waals surface area contributed by atoms with E-state index in [2.05, 4.69) is 0 Å². The van der Waals surface area contributed by atoms with Crippen LogP contribution in [0.4, 0.5) is 0 Å². The summed E-state index contributed by atoms with van der Waals surface area (Å²) in [5.41, 5.74) is 0.836. The van der Waals surface area contributed by atoms with Gasteiger partial charge in [0.25, 0.3) is 5.91 Å². The van der Waals surface area contributed by atoms with E-state index in [1.807, 2.05) is 38.1 Å². The van der Waals surface area contributed by atoms with Gasteiger partial charge < -0.3 is 9.64 Å². The third-order valence-corrected chi connectivity index (χ3v) is 3.64. The summed E-state index contributed by atoms with van der Waals surface area (Å²) < 4.78 is 5.40. The Balaban J connectivity index is 1.91. The number of hydrogen-bond acceptors (Lipinski definition) is 3. The van der Waals surface area contributed by atoms with Crippen molar-refractivity contribution in [1.82, 2.24) is 4.90 Å². The molecule has 2 rings (SSSR count).